The number of rotatable bonds is 3. The molecule has 0 unspecified atom stereocenters. The van der Waals surface area contributed by atoms with Crippen molar-refractivity contribution in [1.82, 2.24) is 4.98 Å². The molecule has 0 N–H and O–H groups in total. The van der Waals surface area contributed by atoms with Crippen LogP contribution in [0.15, 0.2) is 34.7 Å². The Kier molecular flexibility index (Phi) is 4.00. The average Bonchev–Trinajstić information content (AvgIpc) is 2.89. The Morgan fingerprint density at radius 1 is 1.18 bits per heavy atom. The molecule has 3 aromatic rings. The predicted octanol–water partition coefficient (Wildman–Crippen LogP) is 5.19. The van der Waals surface area contributed by atoms with E-state index in [1.165, 1.54) is 7.11 Å². The van der Waals surface area contributed by atoms with Crippen LogP contribution in [0.5, 0.6) is 5.75 Å². The smallest absolute Gasteiger partial charge is 0.252 e. The van der Waals surface area contributed by atoms with Gasteiger partial charge >= 0.3 is 0 Å². The molecule has 4 nitrogen and oxygen atoms in total. The molecule has 0 spiro atoms. The van der Waals surface area contributed by atoms with Gasteiger partial charge in [-0.3, -0.25) is 4.79 Å². The summed E-state index contributed by atoms with van der Waals surface area (Å²) in [6.45, 7) is 0. The van der Waals surface area contributed by atoms with Crippen LogP contribution in [0.25, 0.3) is 22.6 Å². The van der Waals surface area contributed by atoms with Crippen molar-refractivity contribution < 1.29 is 13.9 Å². The lowest BCUT2D eigenvalue weighted by molar-refractivity contribution is 0.108. The second kappa shape index (κ2) is 5.80. The first-order chi connectivity index (χ1) is 10.5. The lowest BCUT2D eigenvalue weighted by Gasteiger charge is -2.06. The van der Waals surface area contributed by atoms with E-state index in [2.05, 4.69) is 4.98 Å². The van der Waals surface area contributed by atoms with Gasteiger partial charge in [0.2, 0.25) is 5.89 Å². The van der Waals surface area contributed by atoms with Crippen LogP contribution in [0.3, 0.4) is 0 Å². The molecule has 0 fully saturated rings. The third kappa shape index (κ3) is 2.65. The molecule has 0 radical (unpaired) electrons. The molecule has 0 bridgehead atoms. The Morgan fingerprint density at radius 3 is 2.45 bits per heavy atom. The fourth-order valence-electron chi connectivity index (χ4n) is 2.05. The third-order valence-corrected chi connectivity index (χ3v) is 3.84. The largest absolute Gasteiger partial charge is 0.494 e. The predicted molar refractivity (Wildman–Crippen MR) is 86.2 cm³/mol. The minimum absolute atomic E-state index is 0.334. The summed E-state index contributed by atoms with van der Waals surface area (Å²) in [4.78, 5) is 15.5. The first-order valence-corrected chi connectivity index (χ1v) is 7.27. The van der Waals surface area contributed by atoms with Crippen LogP contribution >= 0.6 is 34.8 Å². The number of halogens is 3. The first-order valence-electron chi connectivity index (χ1n) is 6.13. The van der Waals surface area contributed by atoms with E-state index in [-0.39, 0.29) is 0 Å². The van der Waals surface area contributed by atoms with Crippen molar-refractivity contribution in [2.75, 3.05) is 7.11 Å². The van der Waals surface area contributed by atoms with Crippen LogP contribution in [0.2, 0.25) is 10.0 Å². The molecule has 3 rings (SSSR count). The second-order valence-electron chi connectivity index (χ2n) is 4.45. The van der Waals surface area contributed by atoms with Crippen LogP contribution in [0.4, 0.5) is 0 Å². The third-order valence-electron chi connectivity index (χ3n) is 3.06. The number of fused-ring (bicyclic) bond motifs is 1. The molecule has 112 valence electrons. The maximum Gasteiger partial charge on any atom is 0.252 e. The zero-order valence-corrected chi connectivity index (χ0v) is 13.5. The van der Waals surface area contributed by atoms with E-state index in [4.69, 9.17) is 44.0 Å². The van der Waals surface area contributed by atoms with Gasteiger partial charge in [0.15, 0.2) is 11.3 Å². The molecule has 2 aromatic carbocycles. The van der Waals surface area contributed by atoms with Gasteiger partial charge in [-0.15, -0.1) is 0 Å². The SMILES string of the molecule is COc1c(Cl)cc(-c2nc3cc(C(=O)Cl)ccc3o2)cc1Cl. The van der Waals surface area contributed by atoms with Gasteiger partial charge in [-0.2, -0.15) is 0 Å². The van der Waals surface area contributed by atoms with Crippen LogP contribution < -0.4 is 4.74 Å². The fraction of sp³-hybridized carbons (Fsp3) is 0.0667. The van der Waals surface area contributed by atoms with Gasteiger partial charge in [-0.1, -0.05) is 23.2 Å². The Labute approximate surface area is 140 Å². The van der Waals surface area contributed by atoms with E-state index in [1.54, 1.807) is 30.3 Å². The number of hydrogen-bond acceptors (Lipinski definition) is 4. The summed E-state index contributed by atoms with van der Waals surface area (Å²) in [6.07, 6.45) is 0. The summed E-state index contributed by atoms with van der Waals surface area (Å²) in [7, 11) is 1.48. The summed E-state index contributed by atoms with van der Waals surface area (Å²) in [5.41, 5.74) is 2.00. The lowest BCUT2D eigenvalue weighted by Crippen LogP contribution is -1.88. The molecular formula is C15H8Cl3NO3. The van der Waals surface area contributed by atoms with Gasteiger partial charge in [-0.05, 0) is 41.9 Å². The molecule has 0 amide bonds. The zero-order valence-electron chi connectivity index (χ0n) is 11.2. The summed E-state index contributed by atoms with van der Waals surface area (Å²) in [6, 6.07) is 8.05. The van der Waals surface area contributed by atoms with Crippen LogP contribution in [-0.2, 0) is 0 Å². The molecule has 1 aromatic heterocycles. The molecule has 0 atom stereocenters. The first kappa shape index (κ1) is 15.2. The van der Waals surface area contributed by atoms with E-state index in [9.17, 15) is 4.79 Å². The highest BCUT2D eigenvalue weighted by atomic mass is 35.5. The van der Waals surface area contributed by atoms with Gasteiger partial charge in [0.05, 0.1) is 17.2 Å². The number of nitrogens with zero attached hydrogens (tertiary/aromatic N) is 1. The summed E-state index contributed by atoms with van der Waals surface area (Å²) >= 11 is 17.7. The van der Waals surface area contributed by atoms with Crippen molar-refractivity contribution >= 4 is 51.1 Å². The molecule has 7 heteroatoms. The highest BCUT2D eigenvalue weighted by Gasteiger charge is 2.15. The van der Waals surface area contributed by atoms with Crippen molar-refractivity contribution in [3.05, 3.63) is 45.9 Å². The van der Waals surface area contributed by atoms with Crippen LogP contribution in [-0.4, -0.2) is 17.3 Å². The number of carbonyl (C=O) groups excluding carboxylic acids is 1. The summed E-state index contributed by atoms with van der Waals surface area (Å²) < 4.78 is 10.7. The lowest BCUT2D eigenvalue weighted by atomic mass is 10.2. The summed E-state index contributed by atoms with van der Waals surface area (Å²) in [5.74, 6) is 0.721. The molecule has 0 aliphatic rings. The van der Waals surface area contributed by atoms with Gasteiger partial charge in [0, 0.05) is 11.1 Å². The topological polar surface area (TPSA) is 52.3 Å². The van der Waals surface area contributed by atoms with Gasteiger partial charge < -0.3 is 9.15 Å². The van der Waals surface area contributed by atoms with E-state index < -0.39 is 5.24 Å². The Hall–Kier alpha value is -1.75. The van der Waals surface area contributed by atoms with Crippen molar-refractivity contribution in [2.45, 2.75) is 0 Å². The van der Waals surface area contributed by atoms with E-state index in [1.807, 2.05) is 0 Å². The van der Waals surface area contributed by atoms with Gasteiger partial charge in [-0.25, -0.2) is 4.98 Å². The number of aromatic nitrogens is 1. The van der Waals surface area contributed by atoms with Crippen LogP contribution in [0.1, 0.15) is 10.4 Å². The van der Waals surface area contributed by atoms with E-state index in [0.717, 1.165) is 0 Å². The highest BCUT2D eigenvalue weighted by molar-refractivity contribution is 6.67. The monoisotopic (exact) mass is 355 g/mol. The maximum absolute atomic E-state index is 11.2. The van der Waals surface area contributed by atoms with Gasteiger partial charge in [0.25, 0.3) is 5.24 Å². The molecule has 22 heavy (non-hydrogen) atoms. The number of methoxy groups -OCH3 is 1. The van der Waals surface area contributed by atoms with Crippen molar-refractivity contribution in [3.63, 3.8) is 0 Å². The fourth-order valence-corrected chi connectivity index (χ4v) is 2.81. The number of ether oxygens (including phenoxy) is 1. The molecule has 0 aliphatic heterocycles. The van der Waals surface area contributed by atoms with Crippen molar-refractivity contribution in [1.29, 1.82) is 0 Å². The van der Waals surface area contributed by atoms with Crippen molar-refractivity contribution in [3.8, 4) is 17.2 Å². The Balaban J connectivity index is 2.12. The minimum atomic E-state index is -0.554. The molecule has 1 heterocycles. The number of benzene rings is 2. The minimum Gasteiger partial charge on any atom is -0.494 e. The van der Waals surface area contributed by atoms with E-state index in [0.29, 0.717) is 43.9 Å². The van der Waals surface area contributed by atoms with E-state index >= 15 is 0 Å². The highest BCUT2D eigenvalue weighted by Crippen LogP contribution is 2.37. The quantitative estimate of drug-likeness (QED) is 0.606. The molecular weight excluding hydrogens is 349 g/mol. The average molecular weight is 357 g/mol. The molecule has 0 saturated carbocycles. The second-order valence-corrected chi connectivity index (χ2v) is 5.61. The summed E-state index contributed by atoms with van der Waals surface area (Å²) in [5, 5.41) is 0.148. The number of oxazole rings is 1. The normalized spacial score (nSPS) is 10.9. The zero-order chi connectivity index (χ0) is 15.9. The van der Waals surface area contributed by atoms with Gasteiger partial charge in [0.1, 0.15) is 5.52 Å². The van der Waals surface area contributed by atoms with Crippen LogP contribution in [0, 0.1) is 0 Å². The van der Waals surface area contributed by atoms with Crippen molar-refractivity contribution in [2.24, 2.45) is 0 Å². The Bertz CT molecular complexity index is 866. The standard InChI is InChI=1S/C15H8Cl3NO3/c1-21-13-9(16)4-8(5-10(13)17)15-19-11-6-7(14(18)20)2-3-12(11)22-15/h2-6H,1H3. The number of carbonyl (C=O) groups is 1. The number of hydrogen-bond donors (Lipinski definition) is 0. The molecule has 0 saturated heterocycles. The Morgan fingerprint density at radius 2 is 1.86 bits per heavy atom. The molecule has 0 aliphatic carbocycles. The maximum atomic E-state index is 11.2.